The molecule has 0 radical (unpaired) electrons. The van der Waals surface area contributed by atoms with Gasteiger partial charge in [0.15, 0.2) is 4.75 Å². The van der Waals surface area contributed by atoms with Crippen molar-refractivity contribution in [2.45, 2.75) is 37.5 Å². The van der Waals surface area contributed by atoms with Crippen LogP contribution in [0.15, 0.2) is 0 Å². The Morgan fingerprint density at radius 1 is 1.64 bits per heavy atom. The fraction of sp³-hybridized carbons (Fsp3) is 1.00. The van der Waals surface area contributed by atoms with Crippen molar-refractivity contribution in [1.29, 1.82) is 0 Å². The predicted molar refractivity (Wildman–Crippen MR) is 45.4 cm³/mol. The summed E-state index contributed by atoms with van der Waals surface area (Å²) >= 11 is -1.29. The Balaban J connectivity index is 2.55. The molecular formula is C7H15NO2S. The van der Waals surface area contributed by atoms with E-state index in [9.17, 15) is 4.55 Å². The average molecular weight is 177 g/mol. The first-order valence-electron chi connectivity index (χ1n) is 3.83. The Hall–Kier alpha value is 0.230. The minimum absolute atomic E-state index is 0.0772. The largest absolute Gasteiger partial charge is 0.598 e. The first-order valence-corrected chi connectivity index (χ1v) is 5.04. The molecule has 1 aliphatic rings. The molecule has 66 valence electrons. The molecular weight excluding hydrogens is 162 g/mol. The van der Waals surface area contributed by atoms with Gasteiger partial charge in [0.25, 0.3) is 0 Å². The summed E-state index contributed by atoms with van der Waals surface area (Å²) in [6.07, 6.45) is 2.12. The summed E-state index contributed by atoms with van der Waals surface area (Å²) in [5.41, 5.74) is 0. The fourth-order valence-corrected chi connectivity index (χ4v) is 1.70. The van der Waals surface area contributed by atoms with E-state index in [1.165, 1.54) is 0 Å². The number of ether oxygens (including phenoxy) is 1. The lowest BCUT2D eigenvalue weighted by molar-refractivity contribution is 0.0850. The van der Waals surface area contributed by atoms with Crippen LogP contribution in [0.25, 0.3) is 0 Å². The van der Waals surface area contributed by atoms with E-state index < -0.39 is 16.1 Å². The number of rotatable bonds is 2. The summed E-state index contributed by atoms with van der Waals surface area (Å²) in [6, 6.07) is 0. The molecule has 2 N–H and O–H groups in total. The summed E-state index contributed by atoms with van der Waals surface area (Å²) in [6.45, 7) is 4.56. The van der Waals surface area contributed by atoms with Gasteiger partial charge in [-0.3, -0.25) is 0 Å². The molecule has 0 spiro atoms. The Labute approximate surface area is 70.6 Å². The van der Waals surface area contributed by atoms with Gasteiger partial charge in [0.2, 0.25) is 0 Å². The van der Waals surface area contributed by atoms with Crippen molar-refractivity contribution in [2.24, 2.45) is 5.14 Å². The first-order chi connectivity index (χ1) is 5.05. The van der Waals surface area contributed by atoms with E-state index in [1.807, 2.05) is 13.8 Å². The lowest BCUT2D eigenvalue weighted by atomic mass is 10.0. The lowest BCUT2D eigenvalue weighted by Crippen LogP contribution is -2.47. The molecule has 11 heavy (non-hydrogen) atoms. The van der Waals surface area contributed by atoms with Crippen LogP contribution in [0.2, 0.25) is 0 Å². The van der Waals surface area contributed by atoms with Crippen molar-refractivity contribution in [1.82, 2.24) is 0 Å². The average Bonchev–Trinajstić information content (AvgIpc) is 2.37. The Kier molecular flexibility index (Phi) is 2.80. The third-order valence-corrected chi connectivity index (χ3v) is 3.52. The molecule has 2 atom stereocenters. The highest BCUT2D eigenvalue weighted by Crippen LogP contribution is 2.28. The molecule has 1 heterocycles. The Bertz CT molecular complexity index is 132. The highest BCUT2D eigenvalue weighted by Gasteiger charge is 2.41. The van der Waals surface area contributed by atoms with Gasteiger partial charge in [-0.05, 0) is 26.7 Å². The molecule has 0 aromatic carbocycles. The minimum atomic E-state index is -1.29. The van der Waals surface area contributed by atoms with Crippen LogP contribution in [0, 0.1) is 0 Å². The van der Waals surface area contributed by atoms with E-state index in [0.717, 1.165) is 19.4 Å². The summed E-state index contributed by atoms with van der Waals surface area (Å²) in [7, 11) is 0. The quantitative estimate of drug-likeness (QED) is 0.627. The van der Waals surface area contributed by atoms with E-state index in [2.05, 4.69) is 0 Å². The van der Waals surface area contributed by atoms with Crippen LogP contribution in [-0.2, 0) is 16.1 Å². The highest BCUT2D eigenvalue weighted by molar-refractivity contribution is 7.90. The maximum atomic E-state index is 11.1. The second-order valence-corrected chi connectivity index (χ2v) is 5.05. The lowest BCUT2D eigenvalue weighted by Gasteiger charge is -2.29. The molecule has 0 aromatic heterocycles. The first kappa shape index (κ1) is 9.32. The number of nitrogens with two attached hydrogens (primary N) is 1. The zero-order chi connectivity index (χ0) is 8.48. The summed E-state index contributed by atoms with van der Waals surface area (Å²) in [5.74, 6) is 0. The number of hydrogen-bond acceptors (Lipinski definition) is 3. The topological polar surface area (TPSA) is 58.3 Å². The number of hydrogen-bond donors (Lipinski definition) is 1. The minimum Gasteiger partial charge on any atom is -0.598 e. The molecule has 0 bridgehead atoms. The van der Waals surface area contributed by atoms with Gasteiger partial charge in [0, 0.05) is 18.0 Å². The monoisotopic (exact) mass is 177 g/mol. The van der Waals surface area contributed by atoms with E-state index >= 15 is 0 Å². The van der Waals surface area contributed by atoms with Gasteiger partial charge in [0.05, 0.1) is 0 Å². The molecule has 0 amide bonds. The molecule has 1 rings (SSSR count). The smallest absolute Gasteiger partial charge is 0.165 e. The summed E-state index contributed by atoms with van der Waals surface area (Å²) in [5, 5.41) is 5.34. The normalized spacial score (nSPS) is 28.9. The van der Waals surface area contributed by atoms with Crippen LogP contribution < -0.4 is 5.14 Å². The molecule has 4 heteroatoms. The molecule has 3 nitrogen and oxygen atoms in total. The molecule has 0 aromatic rings. The van der Waals surface area contributed by atoms with Gasteiger partial charge >= 0.3 is 0 Å². The third kappa shape index (κ3) is 1.87. The van der Waals surface area contributed by atoms with Gasteiger partial charge in [-0.2, -0.15) is 5.14 Å². The van der Waals surface area contributed by atoms with Crippen LogP contribution in [0.1, 0.15) is 26.7 Å². The van der Waals surface area contributed by atoms with Crippen LogP contribution in [0.4, 0.5) is 0 Å². The second kappa shape index (κ2) is 3.31. The maximum Gasteiger partial charge on any atom is 0.165 e. The molecule has 1 saturated heterocycles. The highest BCUT2D eigenvalue weighted by atomic mass is 32.2. The molecule has 0 saturated carbocycles. The second-order valence-electron chi connectivity index (χ2n) is 3.40. The van der Waals surface area contributed by atoms with Crippen LogP contribution in [-0.4, -0.2) is 22.0 Å². The Morgan fingerprint density at radius 2 is 2.27 bits per heavy atom. The van der Waals surface area contributed by atoms with Crippen molar-refractivity contribution >= 4 is 11.4 Å². The van der Waals surface area contributed by atoms with Crippen molar-refractivity contribution in [3.05, 3.63) is 0 Å². The zero-order valence-electron chi connectivity index (χ0n) is 7.00. The van der Waals surface area contributed by atoms with Crippen molar-refractivity contribution in [3.63, 3.8) is 0 Å². The van der Waals surface area contributed by atoms with Gasteiger partial charge in [-0.15, -0.1) is 0 Å². The molecule has 1 fully saturated rings. The van der Waals surface area contributed by atoms with Crippen molar-refractivity contribution in [3.8, 4) is 0 Å². The summed E-state index contributed by atoms with van der Waals surface area (Å²) < 4.78 is 16.1. The van der Waals surface area contributed by atoms with E-state index in [-0.39, 0.29) is 6.10 Å². The maximum absolute atomic E-state index is 11.1. The van der Waals surface area contributed by atoms with Crippen molar-refractivity contribution in [2.75, 3.05) is 6.61 Å². The van der Waals surface area contributed by atoms with E-state index in [0.29, 0.717) is 0 Å². The van der Waals surface area contributed by atoms with Gasteiger partial charge in [0.1, 0.15) is 6.10 Å². The molecule has 1 aliphatic heterocycles. The van der Waals surface area contributed by atoms with Gasteiger partial charge < -0.3 is 9.29 Å². The third-order valence-electron chi connectivity index (χ3n) is 2.22. The Morgan fingerprint density at radius 3 is 2.64 bits per heavy atom. The van der Waals surface area contributed by atoms with Gasteiger partial charge in [-0.1, -0.05) is 0 Å². The molecule has 0 aliphatic carbocycles. The predicted octanol–water partition coefficient (Wildman–Crippen LogP) is 0.566. The van der Waals surface area contributed by atoms with E-state index in [1.54, 1.807) is 0 Å². The zero-order valence-corrected chi connectivity index (χ0v) is 7.82. The van der Waals surface area contributed by atoms with Gasteiger partial charge in [-0.25, -0.2) is 0 Å². The van der Waals surface area contributed by atoms with Crippen molar-refractivity contribution < 1.29 is 9.29 Å². The fourth-order valence-electron chi connectivity index (χ4n) is 1.26. The summed E-state index contributed by atoms with van der Waals surface area (Å²) in [4.78, 5) is 0. The molecule has 1 unspecified atom stereocenters. The van der Waals surface area contributed by atoms with Crippen LogP contribution in [0.5, 0.6) is 0 Å². The standard InChI is InChI=1S/C7H15NO2S/c1-7(2,11(8)9)6-4-3-5-10-6/h6H,3-5,8H2,1-2H3/t6?,11-/m0/s1. The van der Waals surface area contributed by atoms with Crippen LogP contribution >= 0.6 is 0 Å². The SMILES string of the molecule is CC(C)(C1CCCO1)[S@@+](N)[O-]. The van der Waals surface area contributed by atoms with E-state index in [4.69, 9.17) is 9.88 Å². The van der Waals surface area contributed by atoms with Crippen LogP contribution in [0.3, 0.4) is 0 Å².